The molecule has 0 unspecified atom stereocenters. The van der Waals surface area contributed by atoms with E-state index in [1.165, 1.54) is 0 Å². The van der Waals surface area contributed by atoms with Crippen LogP contribution in [0.1, 0.15) is 20.3 Å². The summed E-state index contributed by atoms with van der Waals surface area (Å²) in [5.41, 5.74) is 0.480. The molecule has 1 aromatic carbocycles. The molecule has 0 bridgehead atoms. The molecule has 0 saturated carbocycles. The van der Waals surface area contributed by atoms with Gasteiger partial charge in [0.15, 0.2) is 0 Å². The molecular weight excluding hydrogens is 287 g/mol. The number of anilines is 1. The van der Waals surface area contributed by atoms with E-state index in [1.54, 1.807) is 23.1 Å². The Kier molecular flexibility index (Phi) is 6.42. The van der Waals surface area contributed by atoms with Crippen LogP contribution in [0.4, 0.5) is 10.5 Å². The summed E-state index contributed by atoms with van der Waals surface area (Å²) in [5, 5.41) is 12.5. The van der Waals surface area contributed by atoms with E-state index in [2.05, 4.69) is 5.32 Å². The predicted molar refractivity (Wildman–Crippen MR) is 79.0 cm³/mol. The molecule has 4 nitrogen and oxygen atoms in total. The molecule has 0 aromatic heterocycles. The topological polar surface area (TPSA) is 52.6 Å². The number of aliphatic hydroxyl groups is 1. The van der Waals surface area contributed by atoms with E-state index in [0.717, 1.165) is 0 Å². The number of nitrogens with one attached hydrogen (secondary N) is 1. The van der Waals surface area contributed by atoms with E-state index < -0.39 is 0 Å². The molecule has 0 spiro atoms. The third-order valence-electron chi connectivity index (χ3n) is 2.61. The van der Waals surface area contributed by atoms with Gasteiger partial charge in [0.05, 0.1) is 10.7 Å². The van der Waals surface area contributed by atoms with Gasteiger partial charge in [-0.2, -0.15) is 0 Å². The fraction of sp³-hybridized carbons (Fsp3) is 0.462. The van der Waals surface area contributed by atoms with Crippen molar-refractivity contribution in [1.82, 2.24) is 4.90 Å². The Labute approximate surface area is 123 Å². The van der Waals surface area contributed by atoms with Crippen molar-refractivity contribution in [2.75, 3.05) is 18.5 Å². The standard InChI is InChI=1S/C13H18Cl2N2O2/c1-9(2)17(6-3-7-18)13(19)16-12-8-10(14)4-5-11(12)15/h4-5,8-9,18H,3,6-7H2,1-2H3,(H,16,19). The Bertz CT molecular complexity index is 439. The summed E-state index contributed by atoms with van der Waals surface area (Å²) in [7, 11) is 0. The Hall–Kier alpha value is -0.970. The molecule has 106 valence electrons. The Morgan fingerprint density at radius 3 is 2.68 bits per heavy atom. The Balaban J connectivity index is 2.78. The first-order valence-corrected chi connectivity index (χ1v) is 6.85. The number of benzene rings is 1. The molecule has 0 radical (unpaired) electrons. The minimum absolute atomic E-state index is 0.0320. The average Bonchev–Trinajstić information content (AvgIpc) is 2.34. The van der Waals surface area contributed by atoms with Crippen LogP contribution in [0, 0.1) is 0 Å². The highest BCUT2D eigenvalue weighted by Gasteiger charge is 2.17. The smallest absolute Gasteiger partial charge is 0.322 e. The molecule has 6 heteroatoms. The number of nitrogens with zero attached hydrogens (tertiary/aromatic N) is 1. The van der Waals surface area contributed by atoms with Gasteiger partial charge in [-0.15, -0.1) is 0 Å². The van der Waals surface area contributed by atoms with Gasteiger partial charge in [0.1, 0.15) is 0 Å². The molecule has 2 amide bonds. The van der Waals surface area contributed by atoms with Gasteiger partial charge in [0.2, 0.25) is 0 Å². The quantitative estimate of drug-likeness (QED) is 0.873. The van der Waals surface area contributed by atoms with Crippen molar-refractivity contribution in [3.05, 3.63) is 28.2 Å². The summed E-state index contributed by atoms with van der Waals surface area (Å²) >= 11 is 11.9. The molecule has 1 aromatic rings. The van der Waals surface area contributed by atoms with Crippen LogP contribution in [0.25, 0.3) is 0 Å². The molecule has 0 aliphatic heterocycles. The average molecular weight is 305 g/mol. The minimum atomic E-state index is -0.257. The van der Waals surface area contributed by atoms with Gasteiger partial charge in [-0.1, -0.05) is 23.2 Å². The molecule has 19 heavy (non-hydrogen) atoms. The SMILES string of the molecule is CC(C)N(CCCO)C(=O)Nc1cc(Cl)ccc1Cl. The highest BCUT2D eigenvalue weighted by molar-refractivity contribution is 6.35. The van der Waals surface area contributed by atoms with Crippen LogP contribution in [-0.2, 0) is 0 Å². The van der Waals surface area contributed by atoms with Crippen molar-refractivity contribution >= 4 is 34.9 Å². The van der Waals surface area contributed by atoms with Crippen molar-refractivity contribution in [2.24, 2.45) is 0 Å². The van der Waals surface area contributed by atoms with E-state index >= 15 is 0 Å². The molecule has 0 fully saturated rings. The summed E-state index contributed by atoms with van der Waals surface area (Å²) < 4.78 is 0. The number of carbonyl (C=O) groups is 1. The van der Waals surface area contributed by atoms with Gasteiger partial charge in [0.25, 0.3) is 0 Å². The first-order valence-electron chi connectivity index (χ1n) is 6.09. The van der Waals surface area contributed by atoms with Gasteiger partial charge in [-0.25, -0.2) is 4.79 Å². The van der Waals surface area contributed by atoms with E-state index in [4.69, 9.17) is 28.3 Å². The lowest BCUT2D eigenvalue weighted by molar-refractivity contribution is 0.186. The molecule has 0 atom stereocenters. The van der Waals surface area contributed by atoms with E-state index in [9.17, 15) is 4.79 Å². The van der Waals surface area contributed by atoms with Gasteiger partial charge in [-0.3, -0.25) is 0 Å². The second-order valence-corrected chi connectivity index (χ2v) is 5.26. The molecule has 0 aliphatic rings. The van der Waals surface area contributed by atoms with Crippen LogP contribution < -0.4 is 5.32 Å². The summed E-state index contributed by atoms with van der Waals surface area (Å²) in [6.07, 6.45) is 0.537. The van der Waals surface area contributed by atoms with Crippen molar-refractivity contribution in [1.29, 1.82) is 0 Å². The second-order valence-electron chi connectivity index (χ2n) is 4.42. The zero-order valence-corrected chi connectivity index (χ0v) is 12.5. The van der Waals surface area contributed by atoms with Crippen LogP contribution in [0.5, 0.6) is 0 Å². The molecule has 2 N–H and O–H groups in total. The fourth-order valence-electron chi connectivity index (χ4n) is 1.62. The zero-order valence-electron chi connectivity index (χ0n) is 11.0. The second kappa shape index (κ2) is 7.58. The normalized spacial score (nSPS) is 10.6. The number of urea groups is 1. The highest BCUT2D eigenvalue weighted by Crippen LogP contribution is 2.25. The van der Waals surface area contributed by atoms with E-state index in [-0.39, 0.29) is 18.7 Å². The number of rotatable bonds is 5. The maximum Gasteiger partial charge on any atom is 0.322 e. The predicted octanol–water partition coefficient (Wildman–Crippen LogP) is 3.62. The highest BCUT2D eigenvalue weighted by atomic mass is 35.5. The van der Waals surface area contributed by atoms with Crippen LogP contribution in [0.3, 0.4) is 0 Å². The van der Waals surface area contributed by atoms with Crippen LogP contribution >= 0.6 is 23.2 Å². The fourth-order valence-corrected chi connectivity index (χ4v) is 1.95. The number of carbonyl (C=O) groups excluding carboxylic acids is 1. The molecule has 1 rings (SSSR count). The summed E-state index contributed by atoms with van der Waals surface area (Å²) in [4.78, 5) is 13.8. The largest absolute Gasteiger partial charge is 0.396 e. The number of hydrogen-bond acceptors (Lipinski definition) is 2. The first-order chi connectivity index (χ1) is 8.95. The number of amides is 2. The van der Waals surface area contributed by atoms with Gasteiger partial charge in [-0.05, 0) is 38.5 Å². The number of halogens is 2. The monoisotopic (exact) mass is 304 g/mol. The molecular formula is C13H18Cl2N2O2. The van der Waals surface area contributed by atoms with Crippen molar-refractivity contribution in [3.8, 4) is 0 Å². The maximum atomic E-state index is 12.2. The van der Waals surface area contributed by atoms with Gasteiger partial charge >= 0.3 is 6.03 Å². The summed E-state index contributed by atoms with van der Waals surface area (Å²) in [6, 6.07) is 4.67. The zero-order chi connectivity index (χ0) is 14.4. The van der Waals surface area contributed by atoms with Crippen LogP contribution in [0.2, 0.25) is 10.0 Å². The van der Waals surface area contributed by atoms with Gasteiger partial charge < -0.3 is 15.3 Å². The number of aliphatic hydroxyl groups excluding tert-OH is 1. The lowest BCUT2D eigenvalue weighted by Crippen LogP contribution is -2.41. The number of hydrogen-bond donors (Lipinski definition) is 2. The Morgan fingerprint density at radius 2 is 2.11 bits per heavy atom. The van der Waals surface area contributed by atoms with E-state index in [0.29, 0.717) is 28.7 Å². The molecule has 0 heterocycles. The summed E-state index contributed by atoms with van der Waals surface area (Å²) in [5.74, 6) is 0. The lowest BCUT2D eigenvalue weighted by Gasteiger charge is -2.27. The minimum Gasteiger partial charge on any atom is -0.396 e. The van der Waals surface area contributed by atoms with Crippen LogP contribution in [-0.4, -0.2) is 35.2 Å². The molecule has 0 saturated heterocycles. The first kappa shape index (κ1) is 16.1. The third kappa shape index (κ3) is 4.90. The van der Waals surface area contributed by atoms with Crippen molar-refractivity contribution in [3.63, 3.8) is 0 Å². The lowest BCUT2D eigenvalue weighted by atomic mass is 10.3. The van der Waals surface area contributed by atoms with Crippen LogP contribution in [0.15, 0.2) is 18.2 Å². The maximum absolute atomic E-state index is 12.2. The van der Waals surface area contributed by atoms with Gasteiger partial charge in [0, 0.05) is 24.2 Å². The molecule has 0 aliphatic carbocycles. The third-order valence-corrected chi connectivity index (χ3v) is 3.18. The van der Waals surface area contributed by atoms with E-state index in [1.807, 2.05) is 13.8 Å². The van der Waals surface area contributed by atoms with Crippen molar-refractivity contribution in [2.45, 2.75) is 26.3 Å². The van der Waals surface area contributed by atoms with Crippen molar-refractivity contribution < 1.29 is 9.90 Å². The summed E-state index contributed by atoms with van der Waals surface area (Å²) in [6.45, 7) is 4.36. The Morgan fingerprint density at radius 1 is 1.42 bits per heavy atom.